The minimum atomic E-state index is 1.04. The van der Waals surface area contributed by atoms with E-state index in [-0.39, 0.29) is 0 Å². The Kier molecular flexibility index (Phi) is 7.81. The number of aryl methyl sites for hydroxylation is 4. The van der Waals surface area contributed by atoms with Gasteiger partial charge >= 0.3 is 0 Å². The van der Waals surface area contributed by atoms with E-state index >= 15 is 0 Å². The second kappa shape index (κ2) is 12.4. The van der Waals surface area contributed by atoms with Gasteiger partial charge in [0.25, 0.3) is 0 Å². The monoisotopic (exact) mass is 618 g/mol. The predicted octanol–water partition coefficient (Wildman–Crippen LogP) is 13.5. The van der Waals surface area contributed by atoms with Crippen LogP contribution in [0, 0.1) is 0 Å². The van der Waals surface area contributed by atoms with Gasteiger partial charge in [0, 0.05) is 0 Å². The predicted molar refractivity (Wildman–Crippen MR) is 209 cm³/mol. The van der Waals surface area contributed by atoms with Gasteiger partial charge in [-0.3, -0.25) is 0 Å². The Balaban J connectivity index is 1.51. The molecule has 0 heterocycles. The molecule has 0 aliphatic rings. The molecule has 0 saturated heterocycles. The molecule has 0 amide bonds. The van der Waals surface area contributed by atoms with Crippen molar-refractivity contribution in [3.63, 3.8) is 0 Å². The Morgan fingerprint density at radius 3 is 0.667 bits per heavy atom. The zero-order valence-electron chi connectivity index (χ0n) is 28.5. The molecule has 48 heavy (non-hydrogen) atoms. The van der Waals surface area contributed by atoms with E-state index < -0.39 is 0 Å². The van der Waals surface area contributed by atoms with Gasteiger partial charge in [-0.1, -0.05) is 149 Å². The van der Waals surface area contributed by atoms with Crippen molar-refractivity contribution in [2.75, 3.05) is 0 Å². The van der Waals surface area contributed by atoms with E-state index in [0.29, 0.717) is 0 Å². The Bertz CT molecular complexity index is 2030. The van der Waals surface area contributed by atoms with E-state index in [9.17, 15) is 0 Å². The van der Waals surface area contributed by atoms with Crippen molar-refractivity contribution in [3.05, 3.63) is 156 Å². The van der Waals surface area contributed by atoms with E-state index in [2.05, 4.69) is 161 Å². The summed E-state index contributed by atoms with van der Waals surface area (Å²) in [5.74, 6) is 0. The third-order valence-electron chi connectivity index (χ3n) is 10.6. The third kappa shape index (κ3) is 5.08. The molecule has 0 nitrogen and oxygen atoms in total. The van der Waals surface area contributed by atoms with Crippen molar-refractivity contribution in [1.29, 1.82) is 0 Å². The van der Waals surface area contributed by atoms with Crippen LogP contribution in [0.3, 0.4) is 0 Å². The van der Waals surface area contributed by atoms with Crippen molar-refractivity contribution in [3.8, 4) is 44.5 Å². The first-order valence-corrected chi connectivity index (χ1v) is 17.8. The molecule has 0 aromatic heterocycles. The lowest BCUT2D eigenvalue weighted by Gasteiger charge is -2.22. The maximum atomic E-state index is 2.44. The second-order valence-corrected chi connectivity index (χ2v) is 13.2. The lowest BCUT2D eigenvalue weighted by molar-refractivity contribution is 1.14. The highest BCUT2D eigenvalue weighted by Gasteiger charge is 2.21. The van der Waals surface area contributed by atoms with Crippen molar-refractivity contribution >= 4 is 32.3 Å². The molecule has 0 spiro atoms. The molecule has 8 rings (SSSR count). The molecule has 0 N–H and O–H groups in total. The SMILES string of the molecule is CCc1ccc(-c2cc(-c3ccc(CC)cc3)c3ccc4c(-c5ccc(CC)cc5)cc(-c5ccc(CC)cc5)c5ccc2c3c54)cc1. The molecule has 8 aromatic rings. The van der Waals surface area contributed by atoms with Crippen LogP contribution in [0.15, 0.2) is 133 Å². The fraction of sp³-hybridized carbons (Fsp3) is 0.167. The van der Waals surface area contributed by atoms with Crippen LogP contribution in [0.5, 0.6) is 0 Å². The Labute approximate surface area is 285 Å². The van der Waals surface area contributed by atoms with E-state index in [1.54, 1.807) is 0 Å². The summed E-state index contributed by atoms with van der Waals surface area (Å²) in [7, 11) is 0. The van der Waals surface area contributed by atoms with Gasteiger partial charge in [0.15, 0.2) is 0 Å². The molecule has 234 valence electrons. The van der Waals surface area contributed by atoms with Crippen molar-refractivity contribution in [2.24, 2.45) is 0 Å². The smallest absolute Gasteiger partial charge is 0.00139 e. The average Bonchev–Trinajstić information content (AvgIpc) is 3.16. The molecule has 0 aliphatic heterocycles. The summed E-state index contributed by atoms with van der Waals surface area (Å²) in [4.78, 5) is 0. The van der Waals surface area contributed by atoms with Crippen LogP contribution in [0.4, 0.5) is 0 Å². The Morgan fingerprint density at radius 1 is 0.271 bits per heavy atom. The van der Waals surface area contributed by atoms with Gasteiger partial charge in [0.05, 0.1) is 0 Å². The van der Waals surface area contributed by atoms with E-state index in [1.165, 1.54) is 99.1 Å². The zero-order valence-corrected chi connectivity index (χ0v) is 28.5. The maximum Gasteiger partial charge on any atom is -0.00139 e. The van der Waals surface area contributed by atoms with Crippen molar-refractivity contribution in [2.45, 2.75) is 53.4 Å². The van der Waals surface area contributed by atoms with Crippen molar-refractivity contribution in [1.82, 2.24) is 0 Å². The summed E-state index contributed by atoms with van der Waals surface area (Å²) in [6.45, 7) is 8.90. The summed E-state index contributed by atoms with van der Waals surface area (Å²) in [5, 5.41) is 7.96. The fourth-order valence-corrected chi connectivity index (χ4v) is 7.63. The quantitative estimate of drug-likeness (QED) is 0.149. The summed E-state index contributed by atoms with van der Waals surface area (Å²) in [6, 6.07) is 51.3. The first kappa shape index (κ1) is 30.2. The van der Waals surface area contributed by atoms with Crippen LogP contribution < -0.4 is 0 Å². The summed E-state index contributed by atoms with van der Waals surface area (Å²) < 4.78 is 0. The molecule has 0 fully saturated rings. The minimum Gasteiger partial charge on any atom is -0.0613 e. The van der Waals surface area contributed by atoms with Crippen LogP contribution in [-0.4, -0.2) is 0 Å². The molecular formula is C48H42. The largest absolute Gasteiger partial charge is 0.0613 e. The maximum absolute atomic E-state index is 2.44. The first-order valence-electron chi connectivity index (χ1n) is 17.8. The van der Waals surface area contributed by atoms with E-state index in [0.717, 1.165) is 25.7 Å². The molecule has 0 heteroatoms. The third-order valence-corrected chi connectivity index (χ3v) is 10.6. The Morgan fingerprint density at radius 2 is 0.479 bits per heavy atom. The summed E-state index contributed by atoms with van der Waals surface area (Å²) >= 11 is 0. The lowest BCUT2D eigenvalue weighted by atomic mass is 9.81. The molecular weight excluding hydrogens is 577 g/mol. The normalized spacial score (nSPS) is 11.7. The minimum absolute atomic E-state index is 1.04. The van der Waals surface area contributed by atoms with E-state index in [1.807, 2.05) is 0 Å². The number of benzene rings is 8. The lowest BCUT2D eigenvalue weighted by Crippen LogP contribution is -1.95. The standard InChI is InChI=1S/C48H42/c1-5-31-9-17-35(18-10-31)43-29-44(36-19-11-32(6-2)12-20-36)40-27-28-42-46(38-23-15-34(8-4)16-24-38)30-45(37-21-13-33(7-3)14-22-37)41-26-25-39(43)47(40)48(41)42/h9-30H,5-8H2,1-4H3. The van der Waals surface area contributed by atoms with Gasteiger partial charge < -0.3 is 0 Å². The zero-order chi connectivity index (χ0) is 32.8. The van der Waals surface area contributed by atoms with Gasteiger partial charge in [0.2, 0.25) is 0 Å². The van der Waals surface area contributed by atoms with Gasteiger partial charge in [-0.05, 0) is 137 Å². The Hall–Kier alpha value is -5.20. The highest BCUT2D eigenvalue weighted by atomic mass is 14.2. The molecule has 0 saturated carbocycles. The van der Waals surface area contributed by atoms with Gasteiger partial charge in [-0.15, -0.1) is 0 Å². The second-order valence-electron chi connectivity index (χ2n) is 13.2. The van der Waals surface area contributed by atoms with Gasteiger partial charge in [-0.2, -0.15) is 0 Å². The first-order chi connectivity index (χ1) is 23.6. The fourth-order valence-electron chi connectivity index (χ4n) is 7.63. The highest BCUT2D eigenvalue weighted by molar-refractivity contribution is 6.31. The number of rotatable bonds is 8. The molecule has 0 bridgehead atoms. The van der Waals surface area contributed by atoms with Crippen LogP contribution in [0.2, 0.25) is 0 Å². The van der Waals surface area contributed by atoms with Crippen LogP contribution in [-0.2, 0) is 25.7 Å². The number of hydrogen-bond donors (Lipinski definition) is 0. The molecule has 0 unspecified atom stereocenters. The number of hydrogen-bond acceptors (Lipinski definition) is 0. The summed E-state index contributed by atoms with van der Waals surface area (Å²) in [5.41, 5.74) is 15.7. The van der Waals surface area contributed by atoms with Gasteiger partial charge in [-0.25, -0.2) is 0 Å². The highest BCUT2D eigenvalue weighted by Crippen LogP contribution is 2.48. The molecule has 8 aromatic carbocycles. The van der Waals surface area contributed by atoms with E-state index in [4.69, 9.17) is 0 Å². The molecule has 0 atom stereocenters. The van der Waals surface area contributed by atoms with Crippen molar-refractivity contribution < 1.29 is 0 Å². The topological polar surface area (TPSA) is 0 Å². The van der Waals surface area contributed by atoms with Gasteiger partial charge in [0.1, 0.15) is 0 Å². The average molecular weight is 619 g/mol. The molecule has 0 radical (unpaired) electrons. The summed E-state index contributed by atoms with van der Waals surface area (Å²) in [6.07, 6.45) is 4.16. The van der Waals surface area contributed by atoms with Crippen LogP contribution in [0.25, 0.3) is 76.8 Å². The molecule has 0 aliphatic carbocycles. The van der Waals surface area contributed by atoms with Crippen LogP contribution >= 0.6 is 0 Å². The van der Waals surface area contributed by atoms with Crippen LogP contribution in [0.1, 0.15) is 49.9 Å².